The fourth-order valence-corrected chi connectivity index (χ4v) is 4.37. The van der Waals surface area contributed by atoms with E-state index in [4.69, 9.17) is 0 Å². The zero-order valence-electron chi connectivity index (χ0n) is 16.1. The van der Waals surface area contributed by atoms with Crippen molar-refractivity contribution in [2.45, 2.75) is 32.6 Å². The van der Waals surface area contributed by atoms with Crippen LogP contribution in [0.4, 0.5) is 0 Å². The molecule has 1 amide bonds. The molecule has 0 unspecified atom stereocenters. The molecule has 0 bridgehead atoms. The van der Waals surface area contributed by atoms with E-state index < -0.39 is 0 Å². The van der Waals surface area contributed by atoms with Crippen LogP contribution in [0.3, 0.4) is 0 Å². The maximum atomic E-state index is 13.0. The van der Waals surface area contributed by atoms with E-state index in [1.54, 1.807) is 11.0 Å². The van der Waals surface area contributed by atoms with Crippen LogP contribution in [0, 0.1) is 11.8 Å². The lowest BCUT2D eigenvalue weighted by atomic mass is 9.95. The second-order valence-corrected chi connectivity index (χ2v) is 7.75. The number of hydrogen-bond donors (Lipinski definition) is 3. The molecule has 1 aromatic rings. The van der Waals surface area contributed by atoms with Crippen molar-refractivity contribution in [2.24, 2.45) is 11.8 Å². The summed E-state index contributed by atoms with van der Waals surface area (Å²) in [5.41, 5.74) is 1.97. The number of aromatic amines is 1. The second kappa shape index (κ2) is 8.99. The van der Waals surface area contributed by atoms with Crippen LogP contribution in [0.1, 0.15) is 41.4 Å². The third-order valence-electron chi connectivity index (χ3n) is 6.02. The van der Waals surface area contributed by atoms with Gasteiger partial charge in [0.2, 0.25) is 0 Å². The van der Waals surface area contributed by atoms with Crippen molar-refractivity contribution in [1.82, 2.24) is 14.8 Å². The molecule has 1 fully saturated rings. The van der Waals surface area contributed by atoms with Crippen molar-refractivity contribution < 1.29 is 15.0 Å². The molecule has 150 valence electrons. The molecule has 0 spiro atoms. The molecule has 27 heavy (non-hydrogen) atoms. The number of fused-ring (bicyclic) bond motifs is 1. The minimum Gasteiger partial charge on any atom is -0.396 e. The Labute approximate surface area is 160 Å². The van der Waals surface area contributed by atoms with Gasteiger partial charge in [-0.2, -0.15) is 0 Å². The summed E-state index contributed by atoms with van der Waals surface area (Å²) >= 11 is 0. The molecular formula is C20H31N3O4. The number of nitrogens with one attached hydrogen (secondary N) is 1. The average molecular weight is 377 g/mol. The molecular weight excluding hydrogens is 346 g/mol. The standard InChI is InChI=1S/C20H31N3O4/c1-2-22(7-8-24)10-15-11-23(12-16(15)13-25)20(27)17-9-14-5-3-4-6-18(14)21-19(17)26/h9,15-16,24-25H,2-8,10-13H2,1H3,(H,21,26)/t15-,16-/m1/s1. The summed E-state index contributed by atoms with van der Waals surface area (Å²) in [5.74, 6) is -0.101. The van der Waals surface area contributed by atoms with Gasteiger partial charge in [-0.25, -0.2) is 0 Å². The summed E-state index contributed by atoms with van der Waals surface area (Å²) in [6, 6.07) is 1.78. The Morgan fingerprint density at radius 1 is 1.26 bits per heavy atom. The Hall–Kier alpha value is -1.70. The third kappa shape index (κ3) is 4.42. The van der Waals surface area contributed by atoms with Gasteiger partial charge in [-0.05, 0) is 49.8 Å². The highest BCUT2D eigenvalue weighted by atomic mass is 16.3. The highest BCUT2D eigenvalue weighted by Crippen LogP contribution is 2.26. The lowest BCUT2D eigenvalue weighted by molar-refractivity contribution is 0.0776. The van der Waals surface area contributed by atoms with Crippen molar-refractivity contribution in [3.63, 3.8) is 0 Å². The summed E-state index contributed by atoms with van der Waals surface area (Å²) in [6.45, 7) is 5.27. The first-order chi connectivity index (χ1) is 13.1. The predicted molar refractivity (Wildman–Crippen MR) is 103 cm³/mol. The monoisotopic (exact) mass is 377 g/mol. The van der Waals surface area contributed by atoms with Gasteiger partial charge in [-0.1, -0.05) is 6.92 Å². The average Bonchev–Trinajstić information content (AvgIpc) is 3.09. The summed E-state index contributed by atoms with van der Waals surface area (Å²) in [7, 11) is 0. The molecule has 2 heterocycles. The SMILES string of the molecule is CCN(CCO)C[C@@H]1CN(C(=O)c2cc3c([nH]c2=O)CCCC3)C[C@@H]1CO. The highest BCUT2D eigenvalue weighted by Gasteiger charge is 2.36. The Morgan fingerprint density at radius 3 is 2.70 bits per heavy atom. The predicted octanol–water partition coefficient (Wildman–Crippen LogP) is 0.248. The van der Waals surface area contributed by atoms with E-state index in [1.165, 1.54) is 0 Å². The molecule has 0 saturated carbocycles. The minimum absolute atomic E-state index is 0.00148. The molecule has 1 aromatic heterocycles. The van der Waals surface area contributed by atoms with Crippen LogP contribution in [0.25, 0.3) is 0 Å². The van der Waals surface area contributed by atoms with Gasteiger partial charge in [0.25, 0.3) is 11.5 Å². The van der Waals surface area contributed by atoms with Gasteiger partial charge in [-0.3, -0.25) is 9.59 Å². The number of aliphatic hydroxyl groups excluding tert-OH is 2. The molecule has 1 aliphatic heterocycles. The normalized spacial score (nSPS) is 22.3. The zero-order chi connectivity index (χ0) is 19.4. The van der Waals surface area contributed by atoms with Gasteiger partial charge in [0.05, 0.1) is 6.61 Å². The molecule has 3 N–H and O–H groups in total. The van der Waals surface area contributed by atoms with Gasteiger partial charge in [0.15, 0.2) is 0 Å². The van der Waals surface area contributed by atoms with E-state index in [2.05, 4.69) is 9.88 Å². The summed E-state index contributed by atoms with van der Waals surface area (Å²) < 4.78 is 0. The molecule has 3 rings (SSSR count). The lowest BCUT2D eigenvalue weighted by Crippen LogP contribution is -2.36. The maximum Gasteiger partial charge on any atom is 0.261 e. The minimum atomic E-state index is -0.305. The lowest BCUT2D eigenvalue weighted by Gasteiger charge is -2.25. The van der Waals surface area contributed by atoms with Crippen LogP contribution in [0.15, 0.2) is 10.9 Å². The number of aliphatic hydroxyl groups is 2. The molecule has 1 aliphatic carbocycles. The molecule has 0 aromatic carbocycles. The zero-order valence-corrected chi connectivity index (χ0v) is 16.1. The molecule has 7 nitrogen and oxygen atoms in total. The first-order valence-electron chi connectivity index (χ1n) is 10.1. The van der Waals surface area contributed by atoms with Crippen molar-refractivity contribution in [2.75, 3.05) is 45.9 Å². The topological polar surface area (TPSA) is 96.9 Å². The first-order valence-corrected chi connectivity index (χ1v) is 10.1. The number of H-pyrrole nitrogens is 1. The number of amides is 1. The number of likely N-dealkylation sites (tertiary alicyclic amines) is 1. The van der Waals surface area contributed by atoms with Crippen LogP contribution < -0.4 is 5.56 Å². The fraction of sp³-hybridized carbons (Fsp3) is 0.700. The van der Waals surface area contributed by atoms with Crippen molar-refractivity contribution in [1.29, 1.82) is 0 Å². The summed E-state index contributed by atoms with van der Waals surface area (Å²) in [6.07, 6.45) is 3.93. The Bertz CT molecular complexity index is 718. The third-order valence-corrected chi connectivity index (χ3v) is 6.02. The van der Waals surface area contributed by atoms with E-state index in [1.807, 2.05) is 6.92 Å². The summed E-state index contributed by atoms with van der Waals surface area (Å²) in [4.78, 5) is 32.2. The van der Waals surface area contributed by atoms with E-state index in [9.17, 15) is 19.8 Å². The quantitative estimate of drug-likeness (QED) is 0.633. The van der Waals surface area contributed by atoms with Crippen LogP contribution in [-0.2, 0) is 12.8 Å². The Morgan fingerprint density at radius 2 is 2.00 bits per heavy atom. The van der Waals surface area contributed by atoms with Crippen LogP contribution in [0.5, 0.6) is 0 Å². The number of hydrogen-bond acceptors (Lipinski definition) is 5. The number of pyridine rings is 1. The smallest absolute Gasteiger partial charge is 0.261 e. The summed E-state index contributed by atoms with van der Waals surface area (Å²) in [5, 5.41) is 18.9. The van der Waals surface area contributed by atoms with E-state index in [-0.39, 0.29) is 42.1 Å². The van der Waals surface area contributed by atoms with E-state index in [0.29, 0.717) is 19.6 Å². The molecule has 2 aliphatic rings. The Kier molecular flexibility index (Phi) is 6.68. The largest absolute Gasteiger partial charge is 0.396 e. The van der Waals surface area contributed by atoms with Crippen LogP contribution >= 0.6 is 0 Å². The van der Waals surface area contributed by atoms with Gasteiger partial charge in [0, 0.05) is 44.4 Å². The molecule has 7 heteroatoms. The first kappa shape index (κ1) is 20.0. The molecule has 0 radical (unpaired) electrons. The number of aromatic nitrogens is 1. The Balaban J connectivity index is 1.75. The molecule has 1 saturated heterocycles. The van der Waals surface area contributed by atoms with Crippen LogP contribution in [-0.4, -0.2) is 76.8 Å². The number of aryl methyl sites for hydroxylation is 2. The van der Waals surface area contributed by atoms with Gasteiger partial charge < -0.3 is 25.0 Å². The number of carbonyl (C=O) groups is 1. The highest BCUT2D eigenvalue weighted by molar-refractivity contribution is 5.94. The van der Waals surface area contributed by atoms with Crippen molar-refractivity contribution >= 4 is 5.91 Å². The second-order valence-electron chi connectivity index (χ2n) is 7.75. The number of rotatable bonds is 7. The molecule has 2 atom stereocenters. The van der Waals surface area contributed by atoms with Crippen molar-refractivity contribution in [3.8, 4) is 0 Å². The van der Waals surface area contributed by atoms with E-state index in [0.717, 1.165) is 50.0 Å². The van der Waals surface area contributed by atoms with Gasteiger partial charge in [0.1, 0.15) is 5.56 Å². The van der Waals surface area contributed by atoms with Crippen LogP contribution in [0.2, 0.25) is 0 Å². The van der Waals surface area contributed by atoms with Crippen molar-refractivity contribution in [3.05, 3.63) is 33.2 Å². The maximum absolute atomic E-state index is 13.0. The number of likely N-dealkylation sites (N-methyl/N-ethyl adjacent to an activating group) is 1. The van der Waals surface area contributed by atoms with E-state index >= 15 is 0 Å². The fourth-order valence-electron chi connectivity index (χ4n) is 4.37. The van der Waals surface area contributed by atoms with Gasteiger partial charge >= 0.3 is 0 Å². The van der Waals surface area contributed by atoms with Gasteiger partial charge in [-0.15, -0.1) is 0 Å². The number of nitrogens with zero attached hydrogens (tertiary/aromatic N) is 2. The number of carbonyl (C=O) groups excluding carboxylic acids is 1.